The van der Waals surface area contributed by atoms with Crippen LogP contribution >= 0.6 is 0 Å². The number of para-hydroxylation sites is 1. The number of sulfonamides is 1. The van der Waals surface area contributed by atoms with Crippen molar-refractivity contribution in [3.8, 4) is 5.75 Å². The van der Waals surface area contributed by atoms with E-state index in [1.165, 1.54) is 12.8 Å². The summed E-state index contributed by atoms with van der Waals surface area (Å²) in [7, 11) is -1.83. The first-order valence-corrected chi connectivity index (χ1v) is 14.1. The molecule has 1 aliphatic heterocycles. The average molecular weight is 516 g/mol. The molecule has 3 atom stereocenters. The summed E-state index contributed by atoms with van der Waals surface area (Å²) in [4.78, 5) is 17.6. The van der Waals surface area contributed by atoms with Gasteiger partial charge in [0, 0.05) is 25.6 Å². The van der Waals surface area contributed by atoms with Crippen molar-refractivity contribution in [1.82, 2.24) is 9.80 Å². The number of aryl methyl sites for hydroxylation is 1. The molecule has 1 aliphatic carbocycles. The first kappa shape index (κ1) is 26.4. The molecule has 0 radical (unpaired) electrons. The molecule has 0 spiro atoms. The number of nitrogens with one attached hydrogen (secondary N) is 1. The summed E-state index contributed by atoms with van der Waals surface area (Å²) in [6.45, 7) is 7.63. The zero-order chi connectivity index (χ0) is 26.0. The Balaban J connectivity index is 1.72. The average Bonchev–Trinajstić information content (AvgIpc) is 3.65. The van der Waals surface area contributed by atoms with Crippen LogP contribution < -0.4 is 9.46 Å². The molecule has 0 aromatic heterocycles. The summed E-state index contributed by atoms with van der Waals surface area (Å²) >= 11 is 0. The summed E-state index contributed by atoms with van der Waals surface area (Å²) in [5.41, 5.74) is 1.46. The topological polar surface area (TPSA) is 99.2 Å². The van der Waals surface area contributed by atoms with Crippen LogP contribution in [0.5, 0.6) is 5.75 Å². The van der Waals surface area contributed by atoms with Crippen LogP contribution in [0.1, 0.15) is 42.6 Å². The molecule has 0 saturated heterocycles. The minimum Gasteiger partial charge on any atom is -0.486 e. The van der Waals surface area contributed by atoms with Gasteiger partial charge in [-0.25, -0.2) is 8.42 Å². The third-order valence-electron chi connectivity index (χ3n) is 7.03. The maximum atomic E-state index is 13.6. The standard InChI is InChI=1S/C27H37N3O5S/c1-18-8-12-22(13-9-18)36(33,34)28-24-7-5-6-23-26(24)35-25(16-29(4)15-21-10-11-21)19(2)14-30(27(23)32)20(3)17-31/h5-9,12-13,19-21,25,28,31H,10-11,14-17H2,1-4H3/t19-,20+,25-/m1/s1. The number of fused-ring (bicyclic) bond motifs is 1. The van der Waals surface area contributed by atoms with Crippen molar-refractivity contribution >= 4 is 21.6 Å². The van der Waals surface area contributed by atoms with Gasteiger partial charge in [0.15, 0.2) is 5.75 Å². The van der Waals surface area contributed by atoms with Gasteiger partial charge in [0.1, 0.15) is 6.10 Å². The lowest BCUT2D eigenvalue weighted by Crippen LogP contribution is -2.50. The Bertz CT molecular complexity index is 1180. The fourth-order valence-corrected chi connectivity index (χ4v) is 5.65. The van der Waals surface area contributed by atoms with E-state index < -0.39 is 10.0 Å². The second-order valence-electron chi connectivity index (χ2n) is 10.4. The van der Waals surface area contributed by atoms with E-state index in [0.717, 1.165) is 18.0 Å². The number of rotatable bonds is 9. The predicted octanol–water partition coefficient (Wildman–Crippen LogP) is 3.36. The largest absolute Gasteiger partial charge is 0.486 e. The number of hydrogen-bond acceptors (Lipinski definition) is 6. The van der Waals surface area contributed by atoms with E-state index in [1.54, 1.807) is 47.4 Å². The van der Waals surface area contributed by atoms with Gasteiger partial charge >= 0.3 is 0 Å². The van der Waals surface area contributed by atoms with Crippen molar-refractivity contribution in [2.75, 3.05) is 38.0 Å². The number of anilines is 1. The molecule has 2 N–H and O–H groups in total. The maximum absolute atomic E-state index is 13.6. The molecule has 2 aliphatic rings. The van der Waals surface area contributed by atoms with Gasteiger partial charge < -0.3 is 19.6 Å². The third kappa shape index (κ3) is 6.02. The summed E-state index contributed by atoms with van der Waals surface area (Å²) < 4.78 is 35.6. The molecular weight excluding hydrogens is 478 g/mol. The molecule has 1 heterocycles. The van der Waals surface area contributed by atoms with Crippen molar-refractivity contribution in [2.45, 2.75) is 50.7 Å². The third-order valence-corrected chi connectivity index (χ3v) is 8.41. The Morgan fingerprint density at radius 2 is 1.86 bits per heavy atom. The molecule has 1 amide bonds. The van der Waals surface area contributed by atoms with Crippen LogP contribution in [-0.4, -0.2) is 74.7 Å². The number of hydrogen-bond donors (Lipinski definition) is 2. The second-order valence-corrected chi connectivity index (χ2v) is 12.1. The molecule has 9 heteroatoms. The molecule has 1 saturated carbocycles. The highest BCUT2D eigenvalue weighted by molar-refractivity contribution is 7.92. The number of aliphatic hydroxyl groups excluding tert-OH is 1. The Hall–Kier alpha value is -2.62. The van der Waals surface area contributed by atoms with Crippen molar-refractivity contribution in [3.05, 3.63) is 53.6 Å². The second kappa shape index (κ2) is 10.8. The number of amides is 1. The lowest BCUT2D eigenvalue weighted by Gasteiger charge is -2.38. The first-order chi connectivity index (χ1) is 17.1. The molecule has 1 fully saturated rings. The van der Waals surface area contributed by atoms with Crippen LogP contribution in [0.4, 0.5) is 5.69 Å². The number of likely N-dealkylation sites (N-methyl/N-ethyl adjacent to an activating group) is 1. The quantitative estimate of drug-likeness (QED) is 0.531. The fourth-order valence-electron chi connectivity index (χ4n) is 4.59. The zero-order valence-electron chi connectivity index (χ0n) is 21.5. The van der Waals surface area contributed by atoms with Gasteiger partial charge in [0.05, 0.1) is 28.8 Å². The summed E-state index contributed by atoms with van der Waals surface area (Å²) in [5, 5.41) is 9.85. The lowest BCUT2D eigenvalue weighted by atomic mass is 9.99. The summed E-state index contributed by atoms with van der Waals surface area (Å²) in [6, 6.07) is 11.1. The first-order valence-electron chi connectivity index (χ1n) is 12.6. The normalized spacial score (nSPS) is 21.4. The molecule has 0 unspecified atom stereocenters. The molecule has 8 nitrogen and oxygen atoms in total. The van der Waals surface area contributed by atoms with Gasteiger partial charge in [0.2, 0.25) is 0 Å². The number of nitrogens with zero attached hydrogens (tertiary/aromatic N) is 2. The van der Waals surface area contributed by atoms with E-state index >= 15 is 0 Å². The molecule has 2 aromatic rings. The Morgan fingerprint density at radius 3 is 2.50 bits per heavy atom. The molecule has 196 valence electrons. The predicted molar refractivity (Wildman–Crippen MR) is 140 cm³/mol. The Labute approximate surface area is 214 Å². The van der Waals surface area contributed by atoms with Gasteiger partial charge in [-0.3, -0.25) is 9.52 Å². The monoisotopic (exact) mass is 515 g/mol. The van der Waals surface area contributed by atoms with Crippen LogP contribution in [0.15, 0.2) is 47.4 Å². The van der Waals surface area contributed by atoms with Crippen LogP contribution in [0.3, 0.4) is 0 Å². The number of benzene rings is 2. The van der Waals surface area contributed by atoms with Gasteiger partial charge in [-0.2, -0.15) is 0 Å². The molecule has 2 aromatic carbocycles. The minimum atomic E-state index is -3.90. The van der Waals surface area contributed by atoms with Crippen molar-refractivity contribution in [2.24, 2.45) is 11.8 Å². The number of ether oxygens (including phenoxy) is 1. The summed E-state index contributed by atoms with van der Waals surface area (Å²) in [5.74, 6) is 0.610. The van der Waals surface area contributed by atoms with E-state index in [4.69, 9.17) is 4.74 Å². The summed E-state index contributed by atoms with van der Waals surface area (Å²) in [6.07, 6.45) is 2.21. The van der Waals surface area contributed by atoms with E-state index in [1.807, 2.05) is 20.8 Å². The van der Waals surface area contributed by atoms with Crippen molar-refractivity contribution in [1.29, 1.82) is 0 Å². The number of carbonyl (C=O) groups is 1. The zero-order valence-corrected chi connectivity index (χ0v) is 22.3. The van der Waals surface area contributed by atoms with Gasteiger partial charge in [0.25, 0.3) is 15.9 Å². The Kier molecular flexibility index (Phi) is 7.92. The smallest absolute Gasteiger partial charge is 0.262 e. The molecular formula is C27H37N3O5S. The highest BCUT2D eigenvalue weighted by Gasteiger charge is 2.35. The molecule has 0 bridgehead atoms. The Morgan fingerprint density at radius 1 is 1.17 bits per heavy atom. The van der Waals surface area contributed by atoms with Gasteiger partial charge in [-0.05, 0) is 63.9 Å². The highest BCUT2D eigenvalue weighted by atomic mass is 32.2. The van der Waals surface area contributed by atoms with E-state index in [2.05, 4.69) is 16.7 Å². The molecule has 36 heavy (non-hydrogen) atoms. The fraction of sp³-hybridized carbons (Fsp3) is 0.519. The minimum absolute atomic E-state index is 0.0421. The van der Waals surface area contributed by atoms with Crippen LogP contribution in [-0.2, 0) is 10.0 Å². The van der Waals surface area contributed by atoms with Gasteiger partial charge in [-0.1, -0.05) is 30.7 Å². The van der Waals surface area contributed by atoms with Crippen molar-refractivity contribution < 1.29 is 23.1 Å². The van der Waals surface area contributed by atoms with E-state index in [-0.39, 0.29) is 52.5 Å². The number of aliphatic hydroxyl groups is 1. The number of carbonyl (C=O) groups excluding carboxylic acids is 1. The van der Waals surface area contributed by atoms with Crippen LogP contribution in [0.2, 0.25) is 0 Å². The lowest BCUT2D eigenvalue weighted by molar-refractivity contribution is 0.0346. The highest BCUT2D eigenvalue weighted by Crippen LogP contribution is 2.36. The van der Waals surface area contributed by atoms with Crippen LogP contribution in [0.25, 0.3) is 0 Å². The maximum Gasteiger partial charge on any atom is 0.262 e. The SMILES string of the molecule is Cc1ccc(S(=O)(=O)Nc2cccc3c2O[C@H](CN(C)CC2CC2)[C@H](C)CN([C@@H](C)CO)C3=O)cc1. The van der Waals surface area contributed by atoms with Crippen molar-refractivity contribution in [3.63, 3.8) is 0 Å². The van der Waals surface area contributed by atoms with E-state index in [9.17, 15) is 18.3 Å². The molecule has 4 rings (SSSR count). The van der Waals surface area contributed by atoms with Crippen LogP contribution in [0, 0.1) is 18.8 Å². The van der Waals surface area contributed by atoms with Gasteiger partial charge in [-0.15, -0.1) is 0 Å². The van der Waals surface area contributed by atoms with E-state index in [0.29, 0.717) is 13.1 Å².